The maximum atomic E-state index is 17.2. The van der Waals surface area contributed by atoms with E-state index in [1.165, 1.54) is 36.4 Å². The van der Waals surface area contributed by atoms with Crippen LogP contribution in [0.2, 0.25) is 0 Å². The standard InChI is InChI=1S/C38H36F2N6O3/c1-4-27-30(39)11-10-23-17-26(47)19-28(32(23)27)33-24(20-41)18-29-35(34(33)40)42-37(49-22-38-12-7-14-45(38)15-8-13-38)43-36(29)44(3)21-25-9-6-16-46(25)31(48)5-2/h1,5,10-11,17-19,25,47H,2,6-9,12-16,21-22H2,3H3/t25-/m0/s1. The number of carbonyl (C=O) groups is 1. The third-order valence-corrected chi connectivity index (χ3v) is 10.4. The van der Waals surface area contributed by atoms with Crippen molar-refractivity contribution in [2.75, 3.05) is 44.7 Å². The van der Waals surface area contributed by atoms with E-state index in [9.17, 15) is 19.6 Å². The number of phenolic OH excluding ortho intramolecular Hbond substituents is 1. The lowest BCUT2D eigenvalue weighted by molar-refractivity contribution is -0.126. The lowest BCUT2D eigenvalue weighted by atomic mass is 9.90. The molecule has 49 heavy (non-hydrogen) atoms. The molecule has 4 aromatic rings. The molecular weight excluding hydrogens is 626 g/mol. The average molecular weight is 663 g/mol. The quantitative estimate of drug-likeness (QED) is 0.184. The van der Waals surface area contributed by atoms with Gasteiger partial charge in [0.15, 0.2) is 5.82 Å². The molecule has 3 fully saturated rings. The Kier molecular flexibility index (Phi) is 8.33. The van der Waals surface area contributed by atoms with Gasteiger partial charge < -0.3 is 19.6 Å². The van der Waals surface area contributed by atoms with Gasteiger partial charge in [0, 0.05) is 42.5 Å². The van der Waals surface area contributed by atoms with E-state index >= 15 is 4.39 Å². The number of phenols is 1. The summed E-state index contributed by atoms with van der Waals surface area (Å²) in [5.74, 6) is 0.774. The van der Waals surface area contributed by atoms with Gasteiger partial charge in [-0.25, -0.2) is 8.78 Å². The summed E-state index contributed by atoms with van der Waals surface area (Å²) in [5, 5.41) is 21.9. The Balaban J connectivity index is 1.41. The molecule has 0 spiro atoms. The minimum absolute atomic E-state index is 0.0152. The number of hydrogen-bond donors (Lipinski definition) is 1. The molecule has 0 bridgehead atoms. The van der Waals surface area contributed by atoms with Gasteiger partial charge in [0.2, 0.25) is 5.91 Å². The van der Waals surface area contributed by atoms with Crippen LogP contribution in [0.5, 0.6) is 11.8 Å². The third kappa shape index (κ3) is 5.48. The highest BCUT2D eigenvalue weighted by atomic mass is 19.1. The highest BCUT2D eigenvalue weighted by Crippen LogP contribution is 2.43. The summed E-state index contributed by atoms with van der Waals surface area (Å²) in [7, 11) is 1.80. The van der Waals surface area contributed by atoms with Gasteiger partial charge in [-0.15, -0.1) is 6.42 Å². The van der Waals surface area contributed by atoms with Gasteiger partial charge in [0.1, 0.15) is 29.5 Å². The van der Waals surface area contributed by atoms with Crippen LogP contribution in [0.15, 0.2) is 43.0 Å². The van der Waals surface area contributed by atoms with Gasteiger partial charge >= 0.3 is 6.01 Å². The van der Waals surface area contributed by atoms with Gasteiger partial charge in [-0.3, -0.25) is 9.69 Å². The minimum atomic E-state index is -0.860. The summed E-state index contributed by atoms with van der Waals surface area (Å²) >= 11 is 0. The molecule has 0 unspecified atom stereocenters. The molecule has 3 aliphatic heterocycles. The van der Waals surface area contributed by atoms with E-state index in [0.717, 1.165) is 51.6 Å². The first kappa shape index (κ1) is 32.3. The lowest BCUT2D eigenvalue weighted by Gasteiger charge is -2.32. The van der Waals surface area contributed by atoms with Crippen LogP contribution in [0, 0.1) is 35.3 Å². The van der Waals surface area contributed by atoms with Gasteiger partial charge in [-0.2, -0.15) is 15.2 Å². The summed E-state index contributed by atoms with van der Waals surface area (Å²) in [6, 6.07) is 8.76. The molecule has 4 heterocycles. The number of ether oxygens (including phenoxy) is 1. The lowest BCUT2D eigenvalue weighted by Crippen LogP contribution is -2.43. The van der Waals surface area contributed by atoms with Crippen molar-refractivity contribution >= 4 is 33.4 Å². The van der Waals surface area contributed by atoms with Crippen molar-refractivity contribution in [3.8, 4) is 41.3 Å². The molecule has 0 saturated carbocycles. The second-order valence-corrected chi connectivity index (χ2v) is 13.2. The molecule has 9 nitrogen and oxygen atoms in total. The number of carbonyl (C=O) groups excluding carboxylic acids is 1. The van der Waals surface area contributed by atoms with Gasteiger partial charge in [-0.1, -0.05) is 18.6 Å². The number of nitriles is 1. The molecule has 0 radical (unpaired) electrons. The largest absolute Gasteiger partial charge is 0.508 e. The number of likely N-dealkylation sites (tertiary alicyclic amines) is 1. The summed E-state index contributed by atoms with van der Waals surface area (Å²) in [4.78, 5) is 28.0. The third-order valence-electron chi connectivity index (χ3n) is 10.4. The zero-order valence-corrected chi connectivity index (χ0v) is 27.3. The van der Waals surface area contributed by atoms with Crippen LogP contribution in [-0.4, -0.2) is 82.2 Å². The second kappa shape index (κ2) is 12.6. The number of terminal acetylenes is 1. The van der Waals surface area contributed by atoms with Crippen molar-refractivity contribution in [2.24, 2.45) is 0 Å². The number of likely N-dealkylation sites (N-methyl/N-ethyl adjacent to an activating group) is 1. The molecule has 1 atom stereocenters. The second-order valence-electron chi connectivity index (χ2n) is 13.2. The molecular formula is C38H36F2N6O3. The van der Waals surface area contributed by atoms with Crippen molar-refractivity contribution in [1.82, 2.24) is 19.8 Å². The highest BCUT2D eigenvalue weighted by Gasteiger charge is 2.45. The molecule has 1 N–H and O–H groups in total. The monoisotopic (exact) mass is 662 g/mol. The maximum Gasteiger partial charge on any atom is 0.319 e. The Labute approximate surface area is 283 Å². The van der Waals surface area contributed by atoms with Gasteiger partial charge in [0.05, 0.1) is 22.7 Å². The molecule has 11 heteroatoms. The number of aromatic nitrogens is 2. The number of halogens is 2. The first-order chi connectivity index (χ1) is 23.7. The van der Waals surface area contributed by atoms with Crippen molar-refractivity contribution < 1.29 is 23.4 Å². The molecule has 1 amide bonds. The maximum absolute atomic E-state index is 17.2. The fourth-order valence-corrected chi connectivity index (χ4v) is 8.16. The molecule has 0 aliphatic carbocycles. The van der Waals surface area contributed by atoms with Gasteiger partial charge in [0.25, 0.3) is 0 Å². The molecule has 3 saturated heterocycles. The van der Waals surface area contributed by atoms with Crippen molar-refractivity contribution in [3.63, 3.8) is 0 Å². The Hall–Kier alpha value is -5.26. The SMILES string of the molecule is C#Cc1c(F)ccc2cc(O)cc(-c3c(C#N)cc4c(N(C)C[C@@H]5CCCN5C(=O)C=C)nc(OCC56CCCN5CCC6)nc4c3F)c12. The van der Waals surface area contributed by atoms with E-state index in [1.54, 1.807) is 11.9 Å². The van der Waals surface area contributed by atoms with E-state index < -0.39 is 11.6 Å². The fourth-order valence-electron chi connectivity index (χ4n) is 8.16. The number of hydrogen-bond acceptors (Lipinski definition) is 8. The van der Waals surface area contributed by atoms with Crippen molar-refractivity contribution in [2.45, 2.75) is 50.1 Å². The van der Waals surface area contributed by atoms with Crippen LogP contribution in [0.25, 0.3) is 32.8 Å². The number of fused-ring (bicyclic) bond motifs is 3. The topological polar surface area (TPSA) is 106 Å². The van der Waals surface area contributed by atoms with Crippen molar-refractivity contribution in [3.05, 3.63) is 65.7 Å². The number of benzene rings is 3. The molecule has 3 aliphatic rings. The number of anilines is 1. The normalized spacial score (nSPS) is 18.4. The Morgan fingerprint density at radius 3 is 2.69 bits per heavy atom. The number of aromatic hydroxyl groups is 1. The van der Waals surface area contributed by atoms with E-state index in [0.29, 0.717) is 30.9 Å². The minimum Gasteiger partial charge on any atom is -0.508 e. The zero-order valence-electron chi connectivity index (χ0n) is 27.3. The summed E-state index contributed by atoms with van der Waals surface area (Å²) < 4.78 is 38.5. The number of rotatable bonds is 8. The van der Waals surface area contributed by atoms with Crippen LogP contribution in [0.3, 0.4) is 0 Å². The number of nitrogens with zero attached hydrogens (tertiary/aromatic N) is 6. The molecule has 1 aromatic heterocycles. The van der Waals surface area contributed by atoms with E-state index in [4.69, 9.17) is 16.1 Å². The Morgan fingerprint density at radius 2 is 1.98 bits per heavy atom. The average Bonchev–Trinajstić information content (AvgIpc) is 3.83. The highest BCUT2D eigenvalue weighted by molar-refractivity contribution is 6.05. The molecule has 3 aromatic carbocycles. The van der Waals surface area contributed by atoms with Crippen LogP contribution in [0.4, 0.5) is 14.6 Å². The number of amides is 1. The van der Waals surface area contributed by atoms with Gasteiger partial charge in [-0.05, 0) is 92.9 Å². The van der Waals surface area contributed by atoms with Crippen LogP contribution in [0.1, 0.15) is 49.7 Å². The van der Waals surface area contributed by atoms with Crippen LogP contribution in [-0.2, 0) is 4.79 Å². The summed E-state index contributed by atoms with van der Waals surface area (Å²) in [6.45, 7) is 6.99. The van der Waals surface area contributed by atoms with Crippen molar-refractivity contribution in [1.29, 1.82) is 5.26 Å². The van der Waals surface area contributed by atoms with E-state index in [1.807, 2.05) is 4.90 Å². The van der Waals surface area contributed by atoms with Crippen LogP contribution < -0.4 is 9.64 Å². The summed E-state index contributed by atoms with van der Waals surface area (Å²) in [6.07, 6.45) is 12.8. The molecule has 7 rings (SSSR count). The molecule has 250 valence electrons. The van der Waals surface area contributed by atoms with E-state index in [-0.39, 0.29) is 67.8 Å². The summed E-state index contributed by atoms with van der Waals surface area (Å²) in [5.41, 5.74) is -0.531. The smallest absolute Gasteiger partial charge is 0.319 e. The zero-order chi connectivity index (χ0) is 34.4. The first-order valence-corrected chi connectivity index (χ1v) is 16.6. The predicted octanol–water partition coefficient (Wildman–Crippen LogP) is 5.91. The fraction of sp³-hybridized carbons (Fsp3) is 0.368. The Bertz CT molecular complexity index is 2090. The first-order valence-electron chi connectivity index (χ1n) is 16.6. The van der Waals surface area contributed by atoms with Crippen LogP contribution >= 0.6 is 0 Å². The van der Waals surface area contributed by atoms with E-state index in [2.05, 4.69) is 28.5 Å². The predicted molar refractivity (Wildman–Crippen MR) is 183 cm³/mol. The Morgan fingerprint density at radius 1 is 1.20 bits per heavy atom.